The Bertz CT molecular complexity index is 4110. The highest BCUT2D eigenvalue weighted by molar-refractivity contribution is 6.10. The molecule has 7 nitrogen and oxygen atoms in total. The van der Waals surface area contributed by atoms with Crippen LogP contribution in [0.3, 0.4) is 0 Å². The molecule has 0 saturated heterocycles. The first-order valence-corrected chi connectivity index (χ1v) is 23.7. The highest BCUT2D eigenvalue weighted by atomic mass is 15.2. The van der Waals surface area contributed by atoms with Crippen LogP contribution in [0.5, 0.6) is 0 Å². The summed E-state index contributed by atoms with van der Waals surface area (Å²) in [7, 11) is 0. The molecule has 1 aliphatic rings. The summed E-state index contributed by atoms with van der Waals surface area (Å²) >= 11 is 0. The van der Waals surface area contributed by atoms with Crippen LogP contribution >= 0.6 is 0 Å². The van der Waals surface area contributed by atoms with Gasteiger partial charge in [0, 0.05) is 39.6 Å². The van der Waals surface area contributed by atoms with Crippen LogP contribution < -0.4 is 0 Å². The molecular formula is C63H41N7. The zero-order valence-corrected chi connectivity index (χ0v) is 37.9. The van der Waals surface area contributed by atoms with Crippen molar-refractivity contribution in [2.24, 2.45) is 0 Å². The molecule has 9 aromatic carbocycles. The minimum atomic E-state index is 0.571. The van der Waals surface area contributed by atoms with Gasteiger partial charge in [-0.05, 0) is 81.4 Å². The number of benzene rings is 9. The van der Waals surface area contributed by atoms with E-state index in [4.69, 9.17) is 19.9 Å². The second-order valence-corrected chi connectivity index (χ2v) is 17.9. The number of fused-ring (bicyclic) bond motifs is 10. The number of aromatic nitrogens is 7. The van der Waals surface area contributed by atoms with Gasteiger partial charge in [0.05, 0.1) is 33.5 Å². The van der Waals surface area contributed by atoms with Crippen molar-refractivity contribution in [3.8, 4) is 67.9 Å². The molecule has 0 saturated carbocycles. The molecule has 0 bridgehead atoms. The molecule has 1 aliphatic carbocycles. The Hall–Kier alpha value is -9.46. The fourth-order valence-electron chi connectivity index (χ4n) is 10.5. The maximum absolute atomic E-state index is 5.54. The second kappa shape index (κ2) is 16.1. The largest absolute Gasteiger partial charge is 0.278 e. The van der Waals surface area contributed by atoms with Crippen molar-refractivity contribution >= 4 is 50.3 Å². The molecule has 13 aromatic rings. The molecule has 328 valence electrons. The molecule has 4 heterocycles. The first kappa shape index (κ1) is 39.7. The molecule has 70 heavy (non-hydrogen) atoms. The Balaban J connectivity index is 0.907. The Labute approximate surface area is 403 Å². The molecule has 0 radical (unpaired) electrons. The number of hydrogen-bond donors (Lipinski definition) is 0. The fourth-order valence-corrected chi connectivity index (χ4v) is 10.5. The molecule has 0 fully saturated rings. The van der Waals surface area contributed by atoms with E-state index in [0.717, 1.165) is 84.4 Å². The van der Waals surface area contributed by atoms with E-state index in [1.165, 1.54) is 33.4 Å². The Morgan fingerprint density at radius 3 is 1.61 bits per heavy atom. The van der Waals surface area contributed by atoms with E-state index in [1.54, 1.807) is 0 Å². The first-order valence-electron chi connectivity index (χ1n) is 23.7. The number of allylic oxidation sites excluding steroid dienone is 1. The molecule has 0 amide bonds. The Morgan fingerprint density at radius 1 is 0.371 bits per heavy atom. The molecule has 0 unspecified atom stereocenters. The number of rotatable bonds is 7. The minimum Gasteiger partial charge on any atom is -0.278 e. The summed E-state index contributed by atoms with van der Waals surface area (Å²) in [5.41, 5.74) is 18.9. The molecule has 0 N–H and O–H groups in total. The highest BCUT2D eigenvalue weighted by Gasteiger charge is 2.29. The summed E-state index contributed by atoms with van der Waals surface area (Å²) in [4.78, 5) is 20.8. The van der Waals surface area contributed by atoms with E-state index < -0.39 is 0 Å². The van der Waals surface area contributed by atoms with E-state index in [9.17, 15) is 0 Å². The summed E-state index contributed by atoms with van der Waals surface area (Å²) in [5, 5.41) is 2.24. The number of imidazole rings is 2. The zero-order chi connectivity index (χ0) is 46.1. The molecule has 14 rings (SSSR count). The van der Waals surface area contributed by atoms with E-state index in [1.807, 2.05) is 60.7 Å². The number of para-hydroxylation sites is 2. The average Bonchev–Trinajstić information content (AvgIpc) is 4.08. The molecular weight excluding hydrogens is 855 g/mol. The van der Waals surface area contributed by atoms with Crippen LogP contribution in [-0.4, -0.2) is 33.5 Å². The highest BCUT2D eigenvalue weighted by Crippen LogP contribution is 2.44. The summed E-state index contributed by atoms with van der Waals surface area (Å²) in [6, 6.07) is 81.2. The number of nitrogens with zero attached hydrogens (tertiary/aromatic N) is 7. The van der Waals surface area contributed by atoms with Crippen molar-refractivity contribution in [3.05, 3.63) is 247 Å². The van der Waals surface area contributed by atoms with Crippen molar-refractivity contribution in [3.63, 3.8) is 0 Å². The third kappa shape index (κ3) is 6.51. The van der Waals surface area contributed by atoms with Gasteiger partial charge in [-0.15, -0.1) is 0 Å². The summed E-state index contributed by atoms with van der Waals surface area (Å²) in [5.74, 6) is 2.72. The van der Waals surface area contributed by atoms with E-state index >= 15 is 0 Å². The maximum Gasteiger partial charge on any atom is 0.238 e. The van der Waals surface area contributed by atoms with Crippen LogP contribution in [0, 0.1) is 0 Å². The van der Waals surface area contributed by atoms with Gasteiger partial charge in [-0.1, -0.05) is 194 Å². The Kier molecular flexibility index (Phi) is 9.13. The SMILES string of the molecule is C(=C1\Cc2nc3n(-c4ccccc4)c4cc(-c5ccc6c(c5)c5ccccc5n6-c5nc(-c6ccccc6)nc(-c6ccccc6)n5)ccc4n3c2-c2ccccc21)/c1ccc(-c2ccccc2)cc1. The van der Waals surface area contributed by atoms with Gasteiger partial charge in [0.1, 0.15) is 0 Å². The van der Waals surface area contributed by atoms with Crippen molar-refractivity contribution < 1.29 is 0 Å². The van der Waals surface area contributed by atoms with Crippen LogP contribution in [0.4, 0.5) is 0 Å². The van der Waals surface area contributed by atoms with Gasteiger partial charge >= 0.3 is 0 Å². The topological polar surface area (TPSA) is 65.8 Å². The van der Waals surface area contributed by atoms with E-state index in [2.05, 4.69) is 189 Å². The molecule has 7 heteroatoms. The third-order valence-corrected chi connectivity index (χ3v) is 13.7. The van der Waals surface area contributed by atoms with Gasteiger partial charge in [-0.25, -0.2) is 9.97 Å². The predicted molar refractivity (Wildman–Crippen MR) is 285 cm³/mol. The monoisotopic (exact) mass is 895 g/mol. The van der Waals surface area contributed by atoms with Crippen molar-refractivity contribution in [1.82, 2.24) is 33.5 Å². The predicted octanol–water partition coefficient (Wildman–Crippen LogP) is 15.0. The maximum atomic E-state index is 5.54. The lowest BCUT2D eigenvalue weighted by Crippen LogP contribution is -2.06. The van der Waals surface area contributed by atoms with Gasteiger partial charge in [0.25, 0.3) is 0 Å². The molecule has 0 spiro atoms. The summed E-state index contributed by atoms with van der Waals surface area (Å²) in [6.45, 7) is 0. The quantitative estimate of drug-likeness (QED) is 0.160. The zero-order valence-electron chi connectivity index (χ0n) is 37.9. The lowest BCUT2D eigenvalue weighted by molar-refractivity contribution is 0.953. The number of hydrogen-bond acceptors (Lipinski definition) is 4. The van der Waals surface area contributed by atoms with Crippen molar-refractivity contribution in [2.45, 2.75) is 6.42 Å². The van der Waals surface area contributed by atoms with Crippen LogP contribution in [0.2, 0.25) is 0 Å². The molecule has 0 aliphatic heterocycles. The standard InChI is InChI=1S/C63H41N7/c1-5-17-42(18-6-1)43-31-29-41(30-32-43)37-48-39-54-59(52-27-14-13-25-50(48)52)70-57-36-34-47(40-58(57)68(63(70)64-54)49-23-11-4-12-24-49)46-33-35-56-53(38-46)51-26-15-16-28-55(51)69(56)62-66-60(44-19-7-2-8-20-44)65-61(67-62)45-21-9-3-10-22-45/h1-38,40H,39H2/b48-37-. The van der Waals surface area contributed by atoms with Crippen LogP contribution in [0.15, 0.2) is 231 Å². The Morgan fingerprint density at radius 2 is 0.914 bits per heavy atom. The van der Waals surface area contributed by atoms with Crippen molar-refractivity contribution in [1.29, 1.82) is 0 Å². The first-order chi connectivity index (χ1) is 34.7. The van der Waals surface area contributed by atoms with Gasteiger partial charge in [0.15, 0.2) is 11.6 Å². The second-order valence-electron chi connectivity index (χ2n) is 17.9. The van der Waals surface area contributed by atoms with Gasteiger partial charge in [-0.2, -0.15) is 9.97 Å². The minimum absolute atomic E-state index is 0.571. The summed E-state index contributed by atoms with van der Waals surface area (Å²) in [6.07, 6.45) is 3.06. The lowest BCUT2D eigenvalue weighted by Gasteiger charge is -2.20. The molecule has 4 aromatic heterocycles. The van der Waals surface area contributed by atoms with Gasteiger partial charge in [0.2, 0.25) is 11.7 Å². The smallest absolute Gasteiger partial charge is 0.238 e. The van der Waals surface area contributed by atoms with Gasteiger partial charge < -0.3 is 0 Å². The third-order valence-electron chi connectivity index (χ3n) is 13.7. The van der Waals surface area contributed by atoms with Gasteiger partial charge in [-0.3, -0.25) is 13.5 Å². The van der Waals surface area contributed by atoms with Crippen LogP contribution in [-0.2, 0) is 6.42 Å². The van der Waals surface area contributed by atoms with E-state index in [0.29, 0.717) is 17.6 Å². The van der Waals surface area contributed by atoms with Crippen LogP contribution in [0.25, 0.3) is 118 Å². The average molecular weight is 896 g/mol. The fraction of sp³-hybridized carbons (Fsp3) is 0.0159. The lowest BCUT2D eigenvalue weighted by atomic mass is 9.86. The van der Waals surface area contributed by atoms with Crippen molar-refractivity contribution in [2.75, 3.05) is 0 Å². The molecule has 0 atom stereocenters. The normalized spacial score (nSPS) is 12.8. The van der Waals surface area contributed by atoms with Crippen LogP contribution in [0.1, 0.15) is 16.8 Å². The summed E-state index contributed by atoms with van der Waals surface area (Å²) < 4.78 is 6.88. The van der Waals surface area contributed by atoms with E-state index in [-0.39, 0.29) is 0 Å².